The molecule has 0 amide bonds. The number of anilines is 1. The number of halogens is 2. The van der Waals surface area contributed by atoms with Gasteiger partial charge in [-0.3, -0.25) is 0 Å². The lowest BCUT2D eigenvalue weighted by atomic mass is 9.82. The molecule has 2 atom stereocenters. The fourth-order valence-electron chi connectivity index (χ4n) is 2.98. The molecule has 1 saturated carbocycles. The van der Waals surface area contributed by atoms with Gasteiger partial charge in [0.1, 0.15) is 5.82 Å². The summed E-state index contributed by atoms with van der Waals surface area (Å²) < 4.78 is 13.8. The number of piperazine rings is 1. The minimum absolute atomic E-state index is 0. The lowest BCUT2D eigenvalue weighted by Gasteiger charge is -2.38. The van der Waals surface area contributed by atoms with Crippen molar-refractivity contribution in [3.05, 3.63) is 30.1 Å². The molecule has 2 unspecified atom stereocenters. The van der Waals surface area contributed by atoms with Crippen molar-refractivity contribution in [1.29, 1.82) is 0 Å². The zero-order chi connectivity index (χ0) is 14.8. The molecule has 0 bridgehead atoms. The van der Waals surface area contributed by atoms with Crippen LogP contribution in [0.25, 0.3) is 0 Å². The summed E-state index contributed by atoms with van der Waals surface area (Å²) in [7, 11) is 0. The molecule has 6 heteroatoms. The summed E-state index contributed by atoms with van der Waals surface area (Å²) in [6.07, 6.45) is 2.40. The van der Waals surface area contributed by atoms with Crippen LogP contribution in [0.1, 0.15) is 19.8 Å². The predicted molar refractivity (Wildman–Crippen MR) is 94.3 cm³/mol. The minimum atomic E-state index is -0.157. The van der Waals surface area contributed by atoms with Gasteiger partial charge in [-0.2, -0.15) is 0 Å². The summed E-state index contributed by atoms with van der Waals surface area (Å²) in [4.78, 5) is 8.82. The van der Waals surface area contributed by atoms with Crippen LogP contribution in [-0.4, -0.2) is 43.1 Å². The maximum atomic E-state index is 13.8. The SMILES string of the molecule is Br.CC1CCC1N=C(N)N1CCN(c2ccccc2F)CC1. The Labute approximate surface area is 142 Å². The van der Waals surface area contributed by atoms with E-state index in [-0.39, 0.29) is 22.8 Å². The van der Waals surface area contributed by atoms with Gasteiger partial charge in [0.25, 0.3) is 0 Å². The second-order valence-electron chi connectivity index (χ2n) is 6.03. The van der Waals surface area contributed by atoms with E-state index >= 15 is 0 Å². The van der Waals surface area contributed by atoms with Gasteiger partial charge in [0, 0.05) is 26.2 Å². The molecule has 2 fully saturated rings. The summed E-state index contributed by atoms with van der Waals surface area (Å²) in [5, 5.41) is 0. The summed E-state index contributed by atoms with van der Waals surface area (Å²) in [6.45, 7) is 5.37. The van der Waals surface area contributed by atoms with Gasteiger partial charge < -0.3 is 15.5 Å². The van der Waals surface area contributed by atoms with E-state index in [0.717, 1.165) is 32.6 Å². The smallest absolute Gasteiger partial charge is 0.191 e. The van der Waals surface area contributed by atoms with Crippen LogP contribution >= 0.6 is 17.0 Å². The van der Waals surface area contributed by atoms with E-state index in [9.17, 15) is 4.39 Å². The Morgan fingerprint density at radius 1 is 1.18 bits per heavy atom. The molecule has 1 saturated heterocycles. The topological polar surface area (TPSA) is 44.9 Å². The van der Waals surface area contributed by atoms with Gasteiger partial charge in [0.15, 0.2) is 5.96 Å². The van der Waals surface area contributed by atoms with Crippen molar-refractivity contribution in [2.45, 2.75) is 25.8 Å². The molecule has 4 nitrogen and oxygen atoms in total. The van der Waals surface area contributed by atoms with E-state index in [1.807, 2.05) is 12.1 Å². The second-order valence-corrected chi connectivity index (χ2v) is 6.03. The summed E-state index contributed by atoms with van der Waals surface area (Å²) in [6, 6.07) is 7.33. The maximum absolute atomic E-state index is 13.8. The first-order chi connectivity index (χ1) is 10.1. The lowest BCUT2D eigenvalue weighted by Crippen LogP contribution is -2.52. The molecule has 3 rings (SSSR count). The van der Waals surface area contributed by atoms with Crippen molar-refractivity contribution in [3.63, 3.8) is 0 Å². The van der Waals surface area contributed by atoms with Crippen molar-refractivity contribution in [2.75, 3.05) is 31.1 Å². The summed E-state index contributed by atoms with van der Waals surface area (Å²) >= 11 is 0. The van der Waals surface area contributed by atoms with Gasteiger partial charge in [-0.25, -0.2) is 9.38 Å². The molecular formula is C16H24BrFN4. The number of para-hydroxylation sites is 1. The second kappa shape index (κ2) is 7.31. The fraction of sp³-hybridized carbons (Fsp3) is 0.562. The number of hydrogen-bond acceptors (Lipinski definition) is 2. The molecule has 1 aromatic carbocycles. The number of rotatable bonds is 2. The van der Waals surface area contributed by atoms with Gasteiger partial charge in [0.05, 0.1) is 11.7 Å². The van der Waals surface area contributed by atoms with Gasteiger partial charge in [0.2, 0.25) is 0 Å². The van der Waals surface area contributed by atoms with Gasteiger partial charge in [-0.1, -0.05) is 19.1 Å². The van der Waals surface area contributed by atoms with Crippen LogP contribution in [0.5, 0.6) is 0 Å². The van der Waals surface area contributed by atoms with Crippen LogP contribution in [0.4, 0.5) is 10.1 Å². The molecule has 1 heterocycles. The minimum Gasteiger partial charge on any atom is -0.370 e. The van der Waals surface area contributed by atoms with Crippen molar-refractivity contribution < 1.29 is 4.39 Å². The summed E-state index contributed by atoms with van der Waals surface area (Å²) in [5.41, 5.74) is 6.80. The highest BCUT2D eigenvalue weighted by molar-refractivity contribution is 8.93. The molecule has 22 heavy (non-hydrogen) atoms. The Kier molecular flexibility index (Phi) is 5.67. The molecule has 1 aromatic rings. The third-order valence-corrected chi connectivity index (χ3v) is 4.67. The first-order valence-corrected chi connectivity index (χ1v) is 7.73. The highest BCUT2D eigenvalue weighted by Crippen LogP contribution is 2.29. The van der Waals surface area contributed by atoms with E-state index in [1.54, 1.807) is 6.07 Å². The monoisotopic (exact) mass is 370 g/mol. The number of aliphatic imine (C=N–C) groups is 1. The Morgan fingerprint density at radius 3 is 2.41 bits per heavy atom. The van der Waals surface area contributed by atoms with Crippen LogP contribution in [0.15, 0.2) is 29.3 Å². The Morgan fingerprint density at radius 2 is 1.86 bits per heavy atom. The van der Waals surface area contributed by atoms with Crippen molar-refractivity contribution in [3.8, 4) is 0 Å². The van der Waals surface area contributed by atoms with E-state index in [0.29, 0.717) is 23.6 Å². The molecule has 0 spiro atoms. The van der Waals surface area contributed by atoms with E-state index in [1.165, 1.54) is 12.5 Å². The number of nitrogens with two attached hydrogens (primary N) is 1. The molecule has 122 valence electrons. The average molecular weight is 371 g/mol. The van der Waals surface area contributed by atoms with Crippen molar-refractivity contribution in [2.24, 2.45) is 16.6 Å². The Hall–Kier alpha value is -1.30. The maximum Gasteiger partial charge on any atom is 0.191 e. The van der Waals surface area contributed by atoms with Crippen LogP contribution in [0, 0.1) is 11.7 Å². The zero-order valence-corrected chi connectivity index (χ0v) is 14.6. The van der Waals surface area contributed by atoms with Crippen molar-refractivity contribution >= 4 is 28.6 Å². The molecule has 0 aromatic heterocycles. The van der Waals surface area contributed by atoms with Crippen LogP contribution in [0.3, 0.4) is 0 Å². The third-order valence-electron chi connectivity index (χ3n) is 4.67. The van der Waals surface area contributed by atoms with Gasteiger partial charge in [-0.05, 0) is 30.9 Å². The molecular weight excluding hydrogens is 347 g/mol. The normalized spacial score (nSPS) is 25.5. The summed E-state index contributed by atoms with van der Waals surface area (Å²) in [5.74, 6) is 1.15. The first kappa shape index (κ1) is 17.1. The highest BCUT2D eigenvalue weighted by Gasteiger charge is 2.27. The number of benzene rings is 1. The zero-order valence-electron chi connectivity index (χ0n) is 12.9. The standard InChI is InChI=1S/C16H23FN4.BrH/c1-12-6-7-14(12)19-16(18)21-10-8-20(9-11-21)15-5-3-2-4-13(15)17;/h2-5,12,14H,6-11H2,1H3,(H2,18,19);1H. The molecule has 0 radical (unpaired) electrons. The Bertz CT molecular complexity index is 529. The third kappa shape index (κ3) is 3.54. The van der Waals surface area contributed by atoms with Crippen molar-refractivity contribution in [1.82, 2.24) is 4.90 Å². The lowest BCUT2D eigenvalue weighted by molar-refractivity contribution is 0.278. The van der Waals surface area contributed by atoms with E-state index in [2.05, 4.69) is 21.7 Å². The highest BCUT2D eigenvalue weighted by atomic mass is 79.9. The fourth-order valence-corrected chi connectivity index (χ4v) is 2.98. The molecule has 2 N–H and O–H groups in total. The van der Waals surface area contributed by atoms with Crippen LogP contribution < -0.4 is 10.6 Å². The largest absolute Gasteiger partial charge is 0.370 e. The van der Waals surface area contributed by atoms with E-state index < -0.39 is 0 Å². The quantitative estimate of drug-likeness (QED) is 0.642. The number of hydrogen-bond donors (Lipinski definition) is 1. The Balaban J connectivity index is 0.00000176. The van der Waals surface area contributed by atoms with Gasteiger partial charge in [-0.15, -0.1) is 17.0 Å². The molecule has 1 aliphatic carbocycles. The molecule has 1 aliphatic heterocycles. The molecule has 2 aliphatic rings. The van der Waals surface area contributed by atoms with Gasteiger partial charge >= 0.3 is 0 Å². The van der Waals surface area contributed by atoms with E-state index in [4.69, 9.17) is 5.73 Å². The predicted octanol–water partition coefficient (Wildman–Crippen LogP) is 2.64. The van der Waals surface area contributed by atoms with Crippen LogP contribution in [0.2, 0.25) is 0 Å². The average Bonchev–Trinajstić information content (AvgIpc) is 2.51. The first-order valence-electron chi connectivity index (χ1n) is 7.73. The van der Waals surface area contributed by atoms with Crippen LogP contribution in [-0.2, 0) is 0 Å². The number of guanidine groups is 1. The number of nitrogens with zero attached hydrogens (tertiary/aromatic N) is 3.